The van der Waals surface area contributed by atoms with Gasteiger partial charge in [-0.1, -0.05) is 18.2 Å². The summed E-state index contributed by atoms with van der Waals surface area (Å²) >= 11 is 0. The second-order valence-corrected chi connectivity index (χ2v) is 3.86. The van der Waals surface area contributed by atoms with Crippen LogP contribution in [0.1, 0.15) is 0 Å². The number of benzene rings is 1. The summed E-state index contributed by atoms with van der Waals surface area (Å²) in [4.78, 5) is 3.97. The Labute approximate surface area is 97.9 Å². The smallest absolute Gasteiger partial charge is 0.153 e. The molecule has 2 aromatic heterocycles. The molecule has 0 amide bonds. The Morgan fingerprint density at radius 2 is 2.06 bits per heavy atom. The minimum Gasteiger partial charge on any atom is -0.382 e. The highest BCUT2D eigenvalue weighted by Gasteiger charge is 2.12. The third-order valence-corrected chi connectivity index (χ3v) is 2.80. The number of aromatic nitrogens is 4. The van der Waals surface area contributed by atoms with Gasteiger partial charge in [-0.2, -0.15) is 0 Å². The van der Waals surface area contributed by atoms with Gasteiger partial charge in [0.25, 0.3) is 0 Å². The van der Waals surface area contributed by atoms with Crippen LogP contribution in [0, 0.1) is 0 Å². The monoisotopic (exact) mass is 225 g/mol. The topological polar surface area (TPSA) is 69.6 Å². The van der Waals surface area contributed by atoms with Gasteiger partial charge in [0.05, 0.1) is 0 Å². The minimum absolute atomic E-state index is 0.399. The van der Waals surface area contributed by atoms with Gasteiger partial charge in [0.1, 0.15) is 12.0 Å². The summed E-state index contributed by atoms with van der Waals surface area (Å²) in [5.41, 5.74) is 8.55. The Morgan fingerprint density at radius 1 is 1.24 bits per heavy atom. The van der Waals surface area contributed by atoms with Gasteiger partial charge in [0.15, 0.2) is 5.82 Å². The molecule has 0 bridgehead atoms. The zero-order valence-corrected chi connectivity index (χ0v) is 9.33. The summed E-state index contributed by atoms with van der Waals surface area (Å²) < 4.78 is 2.04. The van der Waals surface area contributed by atoms with E-state index < -0.39 is 0 Å². The van der Waals surface area contributed by atoms with Gasteiger partial charge in [-0.3, -0.25) is 0 Å². The summed E-state index contributed by atoms with van der Waals surface area (Å²) in [6.07, 6.45) is 3.34. The predicted octanol–water partition coefficient (Wildman–Crippen LogP) is 1.61. The molecule has 0 saturated heterocycles. The van der Waals surface area contributed by atoms with Gasteiger partial charge in [0.2, 0.25) is 0 Å². The van der Waals surface area contributed by atoms with E-state index in [4.69, 9.17) is 5.73 Å². The molecule has 3 aromatic rings. The fourth-order valence-electron chi connectivity index (χ4n) is 2.01. The van der Waals surface area contributed by atoms with Crippen LogP contribution >= 0.6 is 0 Å². The molecule has 2 heterocycles. The molecule has 0 atom stereocenters. The molecule has 0 unspecified atom stereocenters. The Balaban J connectivity index is 2.35. The number of hydrogen-bond acceptors (Lipinski definition) is 4. The van der Waals surface area contributed by atoms with E-state index in [2.05, 4.69) is 21.2 Å². The van der Waals surface area contributed by atoms with Crippen molar-refractivity contribution in [1.82, 2.24) is 19.7 Å². The van der Waals surface area contributed by atoms with Gasteiger partial charge in [-0.05, 0) is 6.07 Å². The molecule has 3 rings (SSSR count). The van der Waals surface area contributed by atoms with Crippen LogP contribution in [0.25, 0.3) is 22.2 Å². The lowest BCUT2D eigenvalue weighted by Crippen LogP contribution is -1.98. The summed E-state index contributed by atoms with van der Waals surface area (Å²) in [6, 6.07) is 8.09. The lowest BCUT2D eigenvalue weighted by atomic mass is 10.1. The maximum absolute atomic E-state index is 5.83. The molecule has 0 aliphatic carbocycles. The SMILES string of the molecule is Cn1cc(-c2nncnc2N)c2ccccc21. The molecule has 5 nitrogen and oxygen atoms in total. The number of fused-ring (bicyclic) bond motifs is 1. The predicted molar refractivity (Wildman–Crippen MR) is 66.2 cm³/mol. The molecule has 0 aliphatic rings. The summed E-state index contributed by atoms with van der Waals surface area (Å²) in [5.74, 6) is 0.399. The van der Waals surface area contributed by atoms with Crippen LogP contribution in [0.15, 0.2) is 36.8 Å². The zero-order chi connectivity index (χ0) is 11.8. The molecule has 0 saturated carbocycles. The number of nitrogens with two attached hydrogens (primary N) is 1. The van der Waals surface area contributed by atoms with Crippen molar-refractivity contribution in [2.45, 2.75) is 0 Å². The fraction of sp³-hybridized carbons (Fsp3) is 0.0833. The molecule has 0 fully saturated rings. The lowest BCUT2D eigenvalue weighted by Gasteiger charge is -1.99. The largest absolute Gasteiger partial charge is 0.382 e. The molecule has 17 heavy (non-hydrogen) atoms. The minimum atomic E-state index is 0.399. The highest BCUT2D eigenvalue weighted by atomic mass is 15.2. The first-order valence-corrected chi connectivity index (χ1v) is 5.25. The molecule has 0 aliphatic heterocycles. The van der Waals surface area contributed by atoms with Crippen molar-refractivity contribution in [2.24, 2.45) is 7.05 Å². The summed E-state index contributed by atoms with van der Waals surface area (Å²) in [6.45, 7) is 0. The van der Waals surface area contributed by atoms with Crippen molar-refractivity contribution in [2.75, 3.05) is 5.73 Å². The highest BCUT2D eigenvalue weighted by molar-refractivity contribution is 5.96. The van der Waals surface area contributed by atoms with E-state index in [1.54, 1.807) is 0 Å². The third kappa shape index (κ3) is 1.44. The van der Waals surface area contributed by atoms with E-state index in [-0.39, 0.29) is 0 Å². The van der Waals surface area contributed by atoms with Crippen molar-refractivity contribution >= 4 is 16.7 Å². The Hall–Kier alpha value is -2.43. The molecule has 5 heteroatoms. The van der Waals surface area contributed by atoms with Gasteiger partial charge < -0.3 is 10.3 Å². The maximum Gasteiger partial charge on any atom is 0.153 e. The number of para-hydroxylation sites is 1. The number of hydrogen-bond donors (Lipinski definition) is 1. The third-order valence-electron chi connectivity index (χ3n) is 2.80. The van der Waals surface area contributed by atoms with Crippen molar-refractivity contribution < 1.29 is 0 Å². The van der Waals surface area contributed by atoms with Crippen LogP contribution in [0.2, 0.25) is 0 Å². The number of nitrogens with zero attached hydrogens (tertiary/aromatic N) is 4. The number of aryl methyl sites for hydroxylation is 1. The van der Waals surface area contributed by atoms with E-state index in [9.17, 15) is 0 Å². The van der Waals surface area contributed by atoms with Crippen molar-refractivity contribution in [1.29, 1.82) is 0 Å². The van der Waals surface area contributed by atoms with Crippen molar-refractivity contribution in [3.8, 4) is 11.3 Å². The Morgan fingerprint density at radius 3 is 2.88 bits per heavy atom. The average Bonchev–Trinajstić information content (AvgIpc) is 2.68. The molecular formula is C12H11N5. The van der Waals surface area contributed by atoms with E-state index in [1.165, 1.54) is 6.33 Å². The summed E-state index contributed by atoms with van der Waals surface area (Å²) in [5, 5.41) is 8.95. The lowest BCUT2D eigenvalue weighted by molar-refractivity contribution is 0.960. The first-order chi connectivity index (χ1) is 8.27. The number of anilines is 1. The molecule has 0 spiro atoms. The second-order valence-electron chi connectivity index (χ2n) is 3.86. The summed E-state index contributed by atoms with van der Waals surface area (Å²) in [7, 11) is 1.99. The van der Waals surface area contributed by atoms with Crippen LogP contribution in [0.4, 0.5) is 5.82 Å². The van der Waals surface area contributed by atoms with Crippen molar-refractivity contribution in [3.05, 3.63) is 36.8 Å². The molecule has 2 N–H and O–H groups in total. The first-order valence-electron chi connectivity index (χ1n) is 5.25. The normalized spacial score (nSPS) is 10.9. The highest BCUT2D eigenvalue weighted by Crippen LogP contribution is 2.30. The van der Waals surface area contributed by atoms with Crippen LogP contribution in [-0.4, -0.2) is 19.7 Å². The average molecular weight is 225 g/mol. The molecule has 1 aromatic carbocycles. The van der Waals surface area contributed by atoms with E-state index in [0.29, 0.717) is 11.5 Å². The van der Waals surface area contributed by atoms with Crippen LogP contribution in [0.3, 0.4) is 0 Å². The van der Waals surface area contributed by atoms with Gasteiger partial charge in [0, 0.05) is 29.7 Å². The molecule has 84 valence electrons. The standard InChI is InChI=1S/C12H11N5/c1-17-6-9(8-4-2-3-5-10(8)17)11-12(13)14-7-15-16-11/h2-7H,1H3,(H2,13,14,15). The quantitative estimate of drug-likeness (QED) is 0.683. The van der Waals surface area contributed by atoms with Gasteiger partial charge >= 0.3 is 0 Å². The molecular weight excluding hydrogens is 214 g/mol. The van der Waals surface area contributed by atoms with Gasteiger partial charge in [-0.15, -0.1) is 10.2 Å². The number of nitrogen functional groups attached to an aromatic ring is 1. The first kappa shape index (κ1) is 9.77. The Kier molecular flexibility index (Phi) is 2.04. The van der Waals surface area contributed by atoms with Crippen LogP contribution < -0.4 is 5.73 Å². The van der Waals surface area contributed by atoms with E-state index in [0.717, 1.165) is 16.5 Å². The van der Waals surface area contributed by atoms with Crippen molar-refractivity contribution in [3.63, 3.8) is 0 Å². The van der Waals surface area contributed by atoms with E-state index in [1.807, 2.05) is 36.0 Å². The van der Waals surface area contributed by atoms with Gasteiger partial charge in [-0.25, -0.2) is 4.98 Å². The molecule has 0 radical (unpaired) electrons. The maximum atomic E-state index is 5.83. The van der Waals surface area contributed by atoms with Crippen LogP contribution in [0.5, 0.6) is 0 Å². The van der Waals surface area contributed by atoms with Crippen LogP contribution in [-0.2, 0) is 7.05 Å². The van der Waals surface area contributed by atoms with E-state index >= 15 is 0 Å². The second kappa shape index (κ2) is 3.55. The number of rotatable bonds is 1. The fourth-order valence-corrected chi connectivity index (χ4v) is 2.01. The Bertz CT molecular complexity index is 686. The zero-order valence-electron chi connectivity index (χ0n) is 9.33.